The van der Waals surface area contributed by atoms with Gasteiger partial charge in [0.05, 0.1) is 0 Å². The van der Waals surface area contributed by atoms with Gasteiger partial charge >= 0.3 is 0 Å². The zero-order valence-corrected chi connectivity index (χ0v) is 18.4. The number of hydrogen-bond acceptors (Lipinski definition) is 6. The molecule has 2 aromatic heterocycles. The molecule has 2 aromatic carbocycles. The summed E-state index contributed by atoms with van der Waals surface area (Å²) in [7, 11) is 0. The van der Waals surface area contributed by atoms with E-state index in [0.717, 1.165) is 44.6 Å². The summed E-state index contributed by atoms with van der Waals surface area (Å²) < 4.78 is 1.78. The third-order valence-electron chi connectivity index (χ3n) is 4.72. The molecular weight excluding hydrogens is 416 g/mol. The van der Waals surface area contributed by atoms with E-state index >= 15 is 0 Å². The van der Waals surface area contributed by atoms with Gasteiger partial charge in [-0.1, -0.05) is 48.6 Å². The Bertz CT molecular complexity index is 1260. The third kappa shape index (κ3) is 3.94. The second kappa shape index (κ2) is 8.29. The Morgan fingerprint density at radius 3 is 2.70 bits per heavy atom. The number of rotatable bonds is 4. The minimum Gasteiger partial charge on any atom is -0.332 e. The van der Waals surface area contributed by atoms with Crippen LogP contribution in [-0.2, 0) is 6.42 Å². The Hall–Kier alpha value is -3.17. The highest BCUT2D eigenvalue weighted by Crippen LogP contribution is 2.29. The standard InChI is InChI=1S/C21H20N6OS2/c1-4-17-24-25-21-27(17)26-19(30-21)14-10-9-13(3)16(11-14)22-20(29)23-18(28)15-8-6-5-7-12(15)2/h5-11H,4H2,1-3H3,(H2,22,23,28,29). The van der Waals surface area contributed by atoms with Crippen molar-refractivity contribution in [2.45, 2.75) is 27.2 Å². The SMILES string of the molecule is CCc1nnc2sc(-c3ccc(C)c(NC(=S)NC(=O)c4ccccc4C)c3)nn12. The number of aromatic nitrogens is 4. The minimum absolute atomic E-state index is 0.236. The first-order chi connectivity index (χ1) is 14.5. The number of nitrogens with one attached hydrogen (secondary N) is 2. The van der Waals surface area contributed by atoms with Crippen LogP contribution in [0, 0.1) is 13.8 Å². The lowest BCUT2D eigenvalue weighted by atomic mass is 10.1. The van der Waals surface area contributed by atoms with Crippen molar-refractivity contribution in [3.8, 4) is 10.6 Å². The zero-order valence-electron chi connectivity index (χ0n) is 16.8. The van der Waals surface area contributed by atoms with Crippen molar-refractivity contribution in [1.29, 1.82) is 0 Å². The molecule has 4 aromatic rings. The van der Waals surface area contributed by atoms with Crippen molar-refractivity contribution in [2.24, 2.45) is 0 Å². The fourth-order valence-corrected chi connectivity index (χ4v) is 4.09. The fourth-order valence-electron chi connectivity index (χ4n) is 3.04. The van der Waals surface area contributed by atoms with Crippen molar-refractivity contribution >= 4 is 45.2 Å². The summed E-state index contributed by atoms with van der Waals surface area (Å²) in [4.78, 5) is 13.3. The Balaban J connectivity index is 1.54. The fraction of sp³-hybridized carbons (Fsp3) is 0.190. The molecule has 30 heavy (non-hydrogen) atoms. The second-order valence-corrected chi connectivity index (χ2v) is 8.19. The summed E-state index contributed by atoms with van der Waals surface area (Å²) >= 11 is 6.85. The highest BCUT2D eigenvalue weighted by Gasteiger charge is 2.14. The van der Waals surface area contributed by atoms with Crippen molar-refractivity contribution in [2.75, 3.05) is 5.32 Å². The van der Waals surface area contributed by atoms with Crippen LogP contribution < -0.4 is 10.6 Å². The lowest BCUT2D eigenvalue weighted by Gasteiger charge is -2.13. The van der Waals surface area contributed by atoms with Crippen molar-refractivity contribution < 1.29 is 4.79 Å². The molecule has 0 aliphatic carbocycles. The van der Waals surface area contributed by atoms with Crippen molar-refractivity contribution in [3.05, 3.63) is 65.0 Å². The van der Waals surface area contributed by atoms with E-state index in [4.69, 9.17) is 12.2 Å². The number of thiocarbonyl (C=S) groups is 1. The third-order valence-corrected chi connectivity index (χ3v) is 5.87. The molecular formula is C21H20N6OS2. The number of amides is 1. The first-order valence-corrected chi connectivity index (χ1v) is 10.7. The van der Waals surface area contributed by atoms with Crippen LogP contribution >= 0.6 is 23.6 Å². The number of nitrogens with zero attached hydrogens (tertiary/aromatic N) is 4. The summed E-state index contributed by atoms with van der Waals surface area (Å²) in [5.41, 5.74) is 4.24. The largest absolute Gasteiger partial charge is 0.332 e. The normalized spacial score (nSPS) is 10.9. The molecule has 4 rings (SSSR count). The molecule has 0 radical (unpaired) electrons. The highest BCUT2D eigenvalue weighted by molar-refractivity contribution is 7.80. The molecule has 0 fully saturated rings. The minimum atomic E-state index is -0.236. The molecule has 9 heteroatoms. The number of carbonyl (C=O) groups is 1. The van der Waals surface area contributed by atoms with Crippen LogP contribution in [0.25, 0.3) is 15.5 Å². The van der Waals surface area contributed by atoms with Gasteiger partial charge in [0.1, 0.15) is 5.01 Å². The van der Waals surface area contributed by atoms with Crippen LogP contribution in [0.4, 0.5) is 5.69 Å². The second-order valence-electron chi connectivity index (χ2n) is 6.82. The maximum atomic E-state index is 12.5. The molecule has 7 nitrogen and oxygen atoms in total. The van der Waals surface area contributed by atoms with Crippen LogP contribution in [0.1, 0.15) is 34.2 Å². The van der Waals surface area contributed by atoms with Gasteiger partial charge in [0.15, 0.2) is 10.9 Å². The summed E-state index contributed by atoms with van der Waals surface area (Å²) in [5.74, 6) is 0.596. The van der Waals surface area contributed by atoms with Crippen molar-refractivity contribution in [3.63, 3.8) is 0 Å². The predicted octanol–water partition coefficient (Wildman–Crippen LogP) is 4.16. The topological polar surface area (TPSA) is 84.2 Å². The Kier molecular flexibility index (Phi) is 5.56. The zero-order chi connectivity index (χ0) is 21.3. The molecule has 1 amide bonds. The average Bonchev–Trinajstić information content (AvgIpc) is 3.30. The number of aryl methyl sites for hydroxylation is 3. The molecule has 2 heterocycles. The number of fused-ring (bicyclic) bond motifs is 1. The van der Waals surface area contributed by atoms with Crippen LogP contribution in [0.2, 0.25) is 0 Å². The molecule has 0 aliphatic rings. The van der Waals surface area contributed by atoms with Crippen LogP contribution in [0.5, 0.6) is 0 Å². The van der Waals surface area contributed by atoms with Gasteiger partial charge in [-0.2, -0.15) is 9.61 Å². The predicted molar refractivity (Wildman–Crippen MR) is 123 cm³/mol. The molecule has 152 valence electrons. The first-order valence-electron chi connectivity index (χ1n) is 9.46. The van der Waals surface area contributed by atoms with Crippen molar-refractivity contribution in [1.82, 2.24) is 25.1 Å². The summed E-state index contributed by atoms with van der Waals surface area (Å²) in [6.07, 6.45) is 0.764. The Morgan fingerprint density at radius 1 is 1.13 bits per heavy atom. The van der Waals surface area contributed by atoms with E-state index in [-0.39, 0.29) is 11.0 Å². The van der Waals surface area contributed by atoms with E-state index in [0.29, 0.717) is 5.56 Å². The molecule has 2 N–H and O–H groups in total. The summed E-state index contributed by atoms with van der Waals surface area (Å²) in [5, 5.41) is 19.9. The Morgan fingerprint density at radius 2 is 1.93 bits per heavy atom. The van der Waals surface area contributed by atoms with E-state index < -0.39 is 0 Å². The average molecular weight is 437 g/mol. The van der Waals surface area contributed by atoms with Gasteiger partial charge in [-0.05, 0) is 49.3 Å². The van der Waals surface area contributed by atoms with E-state index in [1.807, 2.05) is 57.2 Å². The van der Waals surface area contributed by atoms with Crippen LogP contribution in [0.3, 0.4) is 0 Å². The Labute approximate surface area is 183 Å². The lowest BCUT2D eigenvalue weighted by molar-refractivity contribution is 0.0977. The van der Waals surface area contributed by atoms with Gasteiger partial charge in [0.25, 0.3) is 5.91 Å². The number of anilines is 1. The van der Waals surface area contributed by atoms with Gasteiger partial charge < -0.3 is 5.32 Å². The molecule has 0 bridgehead atoms. The van der Waals surface area contributed by atoms with E-state index in [2.05, 4.69) is 25.9 Å². The molecule has 0 spiro atoms. The summed E-state index contributed by atoms with van der Waals surface area (Å²) in [6.45, 7) is 5.89. The van der Waals surface area contributed by atoms with Gasteiger partial charge in [0, 0.05) is 23.2 Å². The van der Waals surface area contributed by atoms with Gasteiger partial charge in [-0.3, -0.25) is 10.1 Å². The summed E-state index contributed by atoms with van der Waals surface area (Å²) in [6, 6.07) is 13.4. The maximum absolute atomic E-state index is 12.5. The molecule has 0 aliphatic heterocycles. The quantitative estimate of drug-likeness (QED) is 0.468. The van der Waals surface area contributed by atoms with Gasteiger partial charge in [-0.25, -0.2) is 0 Å². The highest BCUT2D eigenvalue weighted by atomic mass is 32.1. The van der Waals surface area contributed by atoms with Gasteiger partial charge in [-0.15, -0.1) is 10.2 Å². The first kappa shape index (κ1) is 20.1. The van der Waals surface area contributed by atoms with E-state index in [9.17, 15) is 4.79 Å². The van der Waals surface area contributed by atoms with Crippen LogP contribution in [-0.4, -0.2) is 30.8 Å². The maximum Gasteiger partial charge on any atom is 0.257 e. The van der Waals surface area contributed by atoms with Gasteiger partial charge in [0.2, 0.25) is 4.96 Å². The van der Waals surface area contributed by atoms with E-state index in [1.54, 1.807) is 10.6 Å². The number of carbonyl (C=O) groups excluding carboxylic acids is 1. The number of benzene rings is 2. The van der Waals surface area contributed by atoms with E-state index in [1.165, 1.54) is 11.3 Å². The molecule has 0 unspecified atom stereocenters. The van der Waals surface area contributed by atoms with Crippen LogP contribution in [0.15, 0.2) is 42.5 Å². The lowest BCUT2D eigenvalue weighted by Crippen LogP contribution is -2.34. The smallest absolute Gasteiger partial charge is 0.257 e. The monoisotopic (exact) mass is 436 g/mol. The number of hydrogen-bond donors (Lipinski definition) is 2. The molecule has 0 atom stereocenters. The molecule has 0 saturated heterocycles. The molecule has 0 saturated carbocycles.